The summed E-state index contributed by atoms with van der Waals surface area (Å²) in [6.07, 6.45) is 0.315. The SMILES string of the molecule is COc1nc2c(c(N3CCCn4nc(C(=O)N(C)C5CC5)c(Cl)c4C3)n1)COC(c1c(F)c(N)cc(Cl)c1C(F)(F)F)C2.F/C=C1/CC2CCCN2C1. The van der Waals surface area contributed by atoms with E-state index in [0.29, 0.717) is 48.3 Å². The van der Waals surface area contributed by atoms with Crippen LogP contribution in [0.5, 0.6) is 6.01 Å². The molecule has 1 aromatic carbocycles. The van der Waals surface area contributed by atoms with E-state index < -0.39 is 39.9 Å². The zero-order valence-electron chi connectivity index (χ0n) is 29.2. The molecule has 286 valence electrons. The van der Waals surface area contributed by atoms with E-state index in [1.165, 1.54) is 26.5 Å². The number of halogens is 7. The number of nitrogens with two attached hydrogens (primary N) is 1. The van der Waals surface area contributed by atoms with Gasteiger partial charge in [0.25, 0.3) is 5.91 Å². The van der Waals surface area contributed by atoms with Gasteiger partial charge in [0.15, 0.2) is 11.5 Å². The Morgan fingerprint density at radius 3 is 2.57 bits per heavy atom. The lowest BCUT2D eigenvalue weighted by Crippen LogP contribution is -2.30. The minimum Gasteiger partial charge on any atom is -0.467 e. The van der Waals surface area contributed by atoms with E-state index in [0.717, 1.165) is 43.8 Å². The number of rotatable bonds is 5. The molecule has 1 aliphatic carbocycles. The summed E-state index contributed by atoms with van der Waals surface area (Å²) in [7, 11) is 3.10. The average molecular weight is 786 g/mol. The fourth-order valence-corrected chi connectivity index (χ4v) is 8.26. The van der Waals surface area contributed by atoms with Crippen molar-refractivity contribution in [2.45, 2.75) is 89.0 Å². The Balaban J connectivity index is 0.000000373. The normalized spacial score (nSPS) is 22.1. The maximum absolute atomic E-state index is 15.2. The number of fused-ring (bicyclic) bond motifs is 3. The number of anilines is 2. The highest BCUT2D eigenvalue weighted by Crippen LogP contribution is 2.46. The van der Waals surface area contributed by atoms with Gasteiger partial charge in [0.1, 0.15) is 5.82 Å². The average Bonchev–Trinajstić information content (AvgIpc) is 3.73. The Bertz CT molecular complexity index is 1920. The van der Waals surface area contributed by atoms with Crippen LogP contribution >= 0.6 is 23.2 Å². The number of hydrogen-bond donors (Lipinski definition) is 1. The van der Waals surface area contributed by atoms with Crippen molar-refractivity contribution in [2.24, 2.45) is 0 Å². The van der Waals surface area contributed by atoms with Crippen molar-refractivity contribution >= 4 is 40.6 Å². The Kier molecular flexibility index (Phi) is 10.5. The number of amides is 1. The third kappa shape index (κ3) is 7.39. The van der Waals surface area contributed by atoms with Crippen LogP contribution in [0.4, 0.5) is 33.5 Å². The highest BCUT2D eigenvalue weighted by Gasteiger charge is 2.42. The second-order valence-corrected chi connectivity index (χ2v) is 14.8. The summed E-state index contributed by atoms with van der Waals surface area (Å²) in [5.74, 6) is -1.07. The minimum absolute atomic E-state index is 0.0256. The van der Waals surface area contributed by atoms with Gasteiger partial charge in [-0.1, -0.05) is 23.2 Å². The highest BCUT2D eigenvalue weighted by atomic mass is 35.5. The van der Waals surface area contributed by atoms with Gasteiger partial charge in [-0.2, -0.15) is 28.2 Å². The molecule has 11 nitrogen and oxygen atoms in total. The number of aryl methyl sites for hydroxylation is 1. The van der Waals surface area contributed by atoms with Crippen molar-refractivity contribution in [3.05, 3.63) is 67.6 Å². The van der Waals surface area contributed by atoms with Gasteiger partial charge in [-0.05, 0) is 56.7 Å². The molecule has 8 rings (SSSR count). The van der Waals surface area contributed by atoms with Gasteiger partial charge < -0.3 is 25.0 Å². The zero-order chi connectivity index (χ0) is 37.8. The number of carbonyl (C=O) groups is 1. The quantitative estimate of drug-likeness (QED) is 0.218. The lowest BCUT2D eigenvalue weighted by Gasteiger charge is -2.31. The molecule has 2 unspecified atom stereocenters. The van der Waals surface area contributed by atoms with Crippen LogP contribution in [0.1, 0.15) is 83.2 Å². The molecule has 2 saturated heterocycles. The summed E-state index contributed by atoms with van der Waals surface area (Å²) in [5, 5.41) is 4.05. The Hall–Kier alpha value is -3.73. The second kappa shape index (κ2) is 14.8. The van der Waals surface area contributed by atoms with E-state index >= 15 is 4.39 Å². The first-order chi connectivity index (χ1) is 25.3. The van der Waals surface area contributed by atoms with E-state index in [2.05, 4.69) is 20.0 Å². The smallest absolute Gasteiger partial charge is 0.418 e. The van der Waals surface area contributed by atoms with E-state index in [1.54, 1.807) is 16.6 Å². The number of nitrogens with zero attached hydrogens (tertiary/aromatic N) is 7. The number of aromatic nitrogens is 4. The van der Waals surface area contributed by atoms with Gasteiger partial charge in [0, 0.05) is 56.3 Å². The Labute approximate surface area is 312 Å². The first-order valence-electron chi connectivity index (χ1n) is 17.5. The van der Waals surface area contributed by atoms with E-state index in [9.17, 15) is 22.4 Å². The van der Waals surface area contributed by atoms with Gasteiger partial charge in [-0.15, -0.1) is 0 Å². The van der Waals surface area contributed by atoms with Gasteiger partial charge >= 0.3 is 12.2 Å². The minimum atomic E-state index is -4.96. The van der Waals surface area contributed by atoms with Crippen molar-refractivity contribution in [2.75, 3.05) is 44.4 Å². The molecule has 3 aromatic rings. The first kappa shape index (κ1) is 37.6. The number of carbonyl (C=O) groups excluding carboxylic acids is 1. The number of nitrogen functional groups attached to an aromatic ring is 1. The maximum atomic E-state index is 15.2. The molecule has 6 heterocycles. The van der Waals surface area contributed by atoms with Crippen molar-refractivity contribution in [3.63, 3.8) is 0 Å². The van der Waals surface area contributed by atoms with Crippen molar-refractivity contribution in [1.29, 1.82) is 0 Å². The topological polar surface area (TPSA) is 115 Å². The number of ether oxygens (including phenoxy) is 2. The predicted molar refractivity (Wildman–Crippen MR) is 187 cm³/mol. The second-order valence-electron chi connectivity index (χ2n) is 14.0. The van der Waals surface area contributed by atoms with Crippen LogP contribution < -0.4 is 15.4 Å². The molecule has 1 saturated carbocycles. The van der Waals surface area contributed by atoms with Crippen LogP contribution in [-0.4, -0.2) is 81.3 Å². The summed E-state index contributed by atoms with van der Waals surface area (Å²) in [5.41, 5.74) is 5.64. The van der Waals surface area contributed by atoms with E-state index in [4.69, 9.17) is 38.4 Å². The molecule has 2 atom stereocenters. The zero-order valence-corrected chi connectivity index (χ0v) is 30.7. The van der Waals surface area contributed by atoms with Crippen molar-refractivity contribution in [1.82, 2.24) is 29.5 Å². The van der Waals surface area contributed by atoms with Gasteiger partial charge in [0.2, 0.25) is 0 Å². The maximum Gasteiger partial charge on any atom is 0.418 e. The molecule has 0 bridgehead atoms. The molecule has 3 fully saturated rings. The van der Waals surface area contributed by atoms with Crippen LogP contribution in [0.25, 0.3) is 0 Å². The number of benzene rings is 1. The standard InChI is InChI=1S/C27H27Cl2F4N7O3.C8H12FN/c1-38(12-4-5-12)25(41)23-21(29)17-10-39(6-3-7-40(17)37-23)24-13-11-43-18(9-16(13)35-26(36-24)42-2)19-20(27(31,32)33)14(28)8-15(34)22(19)30;9-5-7-4-8-2-1-3-10(8)6-7/h8,12,18H,3-7,9-11,34H2,1-2H3;5,8H,1-4,6H2/b;7-5-. The number of alkyl halides is 3. The summed E-state index contributed by atoms with van der Waals surface area (Å²) in [4.78, 5) is 27.9. The number of hydrogen-bond acceptors (Lipinski definition) is 9. The summed E-state index contributed by atoms with van der Waals surface area (Å²) >= 11 is 12.6. The Morgan fingerprint density at radius 1 is 1.11 bits per heavy atom. The molecule has 1 amide bonds. The molecule has 53 heavy (non-hydrogen) atoms. The largest absolute Gasteiger partial charge is 0.467 e. The van der Waals surface area contributed by atoms with Crippen LogP contribution in [0, 0.1) is 5.82 Å². The fraction of sp³-hybridized carbons (Fsp3) is 0.543. The molecule has 5 aliphatic rings. The van der Waals surface area contributed by atoms with Crippen LogP contribution in [0.2, 0.25) is 10.0 Å². The molecular formula is C35H39Cl2F5N8O3. The van der Waals surface area contributed by atoms with Gasteiger partial charge in [-0.25, -0.2) is 8.78 Å². The highest BCUT2D eigenvalue weighted by molar-refractivity contribution is 6.34. The number of methoxy groups -OCH3 is 1. The van der Waals surface area contributed by atoms with Gasteiger partial charge in [-0.3, -0.25) is 14.4 Å². The van der Waals surface area contributed by atoms with Crippen LogP contribution in [0.15, 0.2) is 18.0 Å². The lowest BCUT2D eigenvalue weighted by molar-refractivity contribution is -0.140. The lowest BCUT2D eigenvalue weighted by atomic mass is 9.93. The molecular weight excluding hydrogens is 746 g/mol. The van der Waals surface area contributed by atoms with E-state index in [-0.39, 0.29) is 48.2 Å². The predicted octanol–water partition coefficient (Wildman–Crippen LogP) is 6.90. The molecule has 0 spiro atoms. The third-order valence-corrected chi connectivity index (χ3v) is 11.2. The van der Waals surface area contributed by atoms with Crippen molar-refractivity contribution in [3.8, 4) is 6.01 Å². The van der Waals surface area contributed by atoms with Gasteiger partial charge in [0.05, 0.1) is 65.4 Å². The summed E-state index contributed by atoms with van der Waals surface area (Å²) < 4.78 is 82.0. The molecule has 18 heteroatoms. The summed E-state index contributed by atoms with van der Waals surface area (Å²) in [6, 6.07) is 1.58. The third-order valence-electron chi connectivity index (χ3n) is 10.5. The monoisotopic (exact) mass is 784 g/mol. The van der Waals surface area contributed by atoms with Crippen molar-refractivity contribution < 1.29 is 36.2 Å². The Morgan fingerprint density at radius 2 is 1.89 bits per heavy atom. The first-order valence-corrected chi connectivity index (χ1v) is 18.2. The molecule has 2 aromatic heterocycles. The molecule has 0 radical (unpaired) electrons. The summed E-state index contributed by atoms with van der Waals surface area (Å²) in [6.45, 7) is 3.11. The molecule has 4 aliphatic heterocycles. The molecule has 2 N–H and O–H groups in total. The van der Waals surface area contributed by atoms with Crippen LogP contribution in [0.3, 0.4) is 0 Å². The van der Waals surface area contributed by atoms with E-state index in [1.807, 2.05) is 4.90 Å². The van der Waals surface area contributed by atoms with Crippen LogP contribution in [-0.2, 0) is 37.0 Å². The fourth-order valence-electron chi connectivity index (χ4n) is 7.66.